The highest BCUT2D eigenvalue weighted by Gasteiger charge is 2.36. The lowest BCUT2D eigenvalue weighted by Crippen LogP contribution is -2.23. The third kappa shape index (κ3) is 5.95. The molecule has 1 N–H and O–H groups in total. The molecule has 0 amide bonds. The van der Waals surface area contributed by atoms with Gasteiger partial charge in [0.1, 0.15) is 20.4 Å². The van der Waals surface area contributed by atoms with Gasteiger partial charge in [0.05, 0.1) is 23.7 Å². The third-order valence-corrected chi connectivity index (χ3v) is 8.87. The van der Waals surface area contributed by atoms with E-state index in [2.05, 4.69) is 10.8 Å². The zero-order valence-electron chi connectivity index (χ0n) is 19.0. The maximum absolute atomic E-state index is 13.6. The number of nitriles is 1. The Kier molecular flexibility index (Phi) is 7.52. The van der Waals surface area contributed by atoms with E-state index in [9.17, 15) is 21.6 Å². The second kappa shape index (κ2) is 10.3. The highest BCUT2D eigenvalue weighted by atomic mass is 35.5. The Bertz CT molecular complexity index is 1400. The Morgan fingerprint density at radius 3 is 2.56 bits per heavy atom. The summed E-state index contributed by atoms with van der Waals surface area (Å²) in [6.45, 7) is 1.17. The molecule has 0 saturated carbocycles. The Balaban J connectivity index is 1.60. The molecule has 1 saturated heterocycles. The summed E-state index contributed by atoms with van der Waals surface area (Å²) in [7, 11) is -2.30. The summed E-state index contributed by atoms with van der Waals surface area (Å²) in [5.41, 5.74) is 0.947. The minimum atomic E-state index is -4.66. The van der Waals surface area contributed by atoms with Gasteiger partial charge in [-0.3, -0.25) is 4.72 Å². The number of sulfonamides is 1. The van der Waals surface area contributed by atoms with E-state index in [4.69, 9.17) is 21.6 Å². The van der Waals surface area contributed by atoms with Gasteiger partial charge in [-0.05, 0) is 42.8 Å². The smallest absolute Gasteiger partial charge is 0.419 e. The first kappa shape index (κ1) is 26.3. The molecule has 1 aliphatic heterocycles. The predicted octanol–water partition coefficient (Wildman–Crippen LogP) is 6.04. The van der Waals surface area contributed by atoms with E-state index in [-0.39, 0.29) is 20.7 Å². The molecular weight excluding hydrogens is 535 g/mol. The van der Waals surface area contributed by atoms with Gasteiger partial charge in [0, 0.05) is 24.7 Å². The maximum atomic E-state index is 13.6. The van der Waals surface area contributed by atoms with Crippen LogP contribution in [-0.2, 0) is 22.6 Å². The van der Waals surface area contributed by atoms with Gasteiger partial charge < -0.3 is 9.64 Å². The summed E-state index contributed by atoms with van der Waals surface area (Å²) in [5, 5.41) is 8.81. The zero-order chi connectivity index (χ0) is 26.1. The van der Waals surface area contributed by atoms with Crippen molar-refractivity contribution in [3.8, 4) is 22.9 Å². The number of likely N-dealkylation sites (tertiary alicyclic amines) is 1. The molecule has 6 nitrogen and oxygen atoms in total. The van der Waals surface area contributed by atoms with Gasteiger partial charge in [-0.1, -0.05) is 35.9 Å². The summed E-state index contributed by atoms with van der Waals surface area (Å²) in [5.74, 6) is -0.426. The molecule has 1 aliphatic rings. The SMILES string of the molecule is CN1CC[C@@H](Oc2cc(NS(=O)(=O)c3cc(-c4ccc(CC#N)cc4)c(Cl)s3)ccc2C(F)(F)F)C1. The van der Waals surface area contributed by atoms with Crippen molar-refractivity contribution in [1.82, 2.24) is 4.90 Å². The van der Waals surface area contributed by atoms with Crippen molar-refractivity contribution >= 4 is 38.6 Å². The second-order valence-corrected chi connectivity index (χ2v) is 12.0. The number of likely N-dealkylation sites (N-methyl/N-ethyl adjacent to an activating group) is 1. The first-order chi connectivity index (χ1) is 17.0. The average Bonchev–Trinajstić information content (AvgIpc) is 3.39. The zero-order valence-corrected chi connectivity index (χ0v) is 21.4. The average molecular weight is 556 g/mol. The topological polar surface area (TPSA) is 82.4 Å². The predicted molar refractivity (Wildman–Crippen MR) is 133 cm³/mol. The normalized spacial score (nSPS) is 16.6. The first-order valence-corrected chi connectivity index (χ1v) is 13.5. The number of nitrogens with one attached hydrogen (secondary N) is 1. The first-order valence-electron chi connectivity index (χ1n) is 10.8. The van der Waals surface area contributed by atoms with Crippen molar-refractivity contribution in [1.29, 1.82) is 5.26 Å². The van der Waals surface area contributed by atoms with Gasteiger partial charge in [-0.2, -0.15) is 18.4 Å². The number of nitrogens with zero attached hydrogens (tertiary/aromatic N) is 2. The minimum absolute atomic E-state index is 0.0590. The van der Waals surface area contributed by atoms with Gasteiger partial charge in [0.15, 0.2) is 0 Å². The van der Waals surface area contributed by atoms with Crippen LogP contribution in [0.5, 0.6) is 5.75 Å². The lowest BCUT2D eigenvalue weighted by Gasteiger charge is -2.19. The lowest BCUT2D eigenvalue weighted by molar-refractivity contribution is -0.139. The van der Waals surface area contributed by atoms with E-state index >= 15 is 0 Å². The van der Waals surface area contributed by atoms with Crippen LogP contribution in [0.25, 0.3) is 11.1 Å². The van der Waals surface area contributed by atoms with Crippen LogP contribution in [0.2, 0.25) is 4.34 Å². The Morgan fingerprint density at radius 1 is 1.22 bits per heavy atom. The van der Waals surface area contributed by atoms with Crippen LogP contribution in [0, 0.1) is 11.3 Å². The molecule has 0 aliphatic carbocycles. The lowest BCUT2D eigenvalue weighted by atomic mass is 10.1. The van der Waals surface area contributed by atoms with Crippen LogP contribution in [-0.4, -0.2) is 39.6 Å². The van der Waals surface area contributed by atoms with Crippen molar-refractivity contribution in [2.24, 2.45) is 0 Å². The van der Waals surface area contributed by atoms with Gasteiger partial charge in [0.25, 0.3) is 10.0 Å². The van der Waals surface area contributed by atoms with Crippen molar-refractivity contribution in [2.75, 3.05) is 24.9 Å². The van der Waals surface area contributed by atoms with E-state index in [1.54, 1.807) is 24.3 Å². The molecule has 0 bridgehead atoms. The molecular formula is C24H21ClF3N3O3S2. The molecule has 0 unspecified atom stereocenters. The van der Waals surface area contributed by atoms with Crippen LogP contribution in [0.3, 0.4) is 0 Å². The second-order valence-electron chi connectivity index (χ2n) is 8.39. The molecule has 1 aromatic heterocycles. The van der Waals surface area contributed by atoms with Gasteiger partial charge >= 0.3 is 6.18 Å². The molecule has 3 aromatic rings. The molecule has 1 atom stereocenters. The van der Waals surface area contributed by atoms with E-state index in [1.165, 1.54) is 6.07 Å². The highest BCUT2D eigenvalue weighted by Crippen LogP contribution is 2.41. The standard InChI is InChI=1S/C24H21ClF3N3O3S2/c1-31-11-9-18(14-31)34-21-12-17(6-7-20(21)24(26,27)28)30-36(32,33)22-13-19(23(25)35-22)16-4-2-15(3-5-16)8-10-29/h2-7,12-13,18,30H,8-9,11,14H2,1H3/t18-/m1/s1. The van der Waals surface area contributed by atoms with Crippen LogP contribution in [0.1, 0.15) is 17.5 Å². The number of halogens is 4. The molecule has 0 spiro atoms. The van der Waals surface area contributed by atoms with Crippen LogP contribution >= 0.6 is 22.9 Å². The molecule has 36 heavy (non-hydrogen) atoms. The quantitative estimate of drug-likeness (QED) is 0.384. The number of alkyl halides is 3. The fourth-order valence-electron chi connectivity index (χ4n) is 3.86. The number of rotatable bonds is 7. The van der Waals surface area contributed by atoms with Crippen LogP contribution in [0.4, 0.5) is 18.9 Å². The largest absolute Gasteiger partial charge is 0.488 e. The maximum Gasteiger partial charge on any atom is 0.419 e. The number of ether oxygens (including phenoxy) is 1. The fourth-order valence-corrected chi connectivity index (χ4v) is 6.68. The summed E-state index contributed by atoms with van der Waals surface area (Å²) in [6.07, 6.45) is -4.27. The number of anilines is 1. The van der Waals surface area contributed by atoms with E-state index in [0.29, 0.717) is 30.6 Å². The molecule has 2 aromatic carbocycles. The minimum Gasteiger partial charge on any atom is -0.488 e. The summed E-state index contributed by atoms with van der Waals surface area (Å²) >= 11 is 7.15. The Morgan fingerprint density at radius 2 is 1.94 bits per heavy atom. The van der Waals surface area contributed by atoms with Gasteiger partial charge in [-0.15, -0.1) is 11.3 Å². The van der Waals surface area contributed by atoms with Crippen molar-refractivity contribution in [3.63, 3.8) is 0 Å². The Labute approximate surface area is 215 Å². The van der Waals surface area contributed by atoms with Crippen molar-refractivity contribution in [2.45, 2.75) is 29.3 Å². The summed E-state index contributed by atoms with van der Waals surface area (Å²) < 4.78 is 74.9. The number of hydrogen-bond donors (Lipinski definition) is 1. The fraction of sp³-hybridized carbons (Fsp3) is 0.292. The van der Waals surface area contributed by atoms with Crippen molar-refractivity contribution < 1.29 is 26.3 Å². The highest BCUT2D eigenvalue weighted by molar-refractivity contribution is 7.94. The van der Waals surface area contributed by atoms with Gasteiger partial charge in [-0.25, -0.2) is 8.42 Å². The third-order valence-electron chi connectivity index (χ3n) is 5.66. The van der Waals surface area contributed by atoms with E-state index in [1.807, 2.05) is 11.9 Å². The van der Waals surface area contributed by atoms with E-state index < -0.39 is 33.6 Å². The molecule has 2 heterocycles. The van der Waals surface area contributed by atoms with Crippen molar-refractivity contribution in [3.05, 3.63) is 64.0 Å². The summed E-state index contributed by atoms with van der Waals surface area (Å²) in [4.78, 5) is 1.94. The van der Waals surface area contributed by atoms with Crippen LogP contribution < -0.4 is 9.46 Å². The molecule has 4 rings (SSSR count). The van der Waals surface area contributed by atoms with E-state index in [0.717, 1.165) is 35.1 Å². The number of thiophene rings is 1. The number of benzene rings is 2. The Hall–Kier alpha value is -2.78. The monoisotopic (exact) mass is 555 g/mol. The molecule has 1 fully saturated rings. The molecule has 190 valence electrons. The number of hydrogen-bond acceptors (Lipinski definition) is 6. The molecule has 12 heteroatoms. The van der Waals surface area contributed by atoms with Crippen LogP contribution in [0.15, 0.2) is 52.7 Å². The van der Waals surface area contributed by atoms with Gasteiger partial charge in [0.2, 0.25) is 0 Å². The summed E-state index contributed by atoms with van der Waals surface area (Å²) in [6, 6.07) is 13.4. The molecule has 0 radical (unpaired) electrons.